The number of aryl methyl sites for hydroxylation is 2. The van der Waals surface area contributed by atoms with Crippen LogP contribution in [0.5, 0.6) is 0 Å². The quantitative estimate of drug-likeness (QED) is 0.184. The van der Waals surface area contributed by atoms with Crippen LogP contribution < -0.4 is 0 Å². The Morgan fingerprint density at radius 2 is 1.88 bits per heavy atom. The lowest BCUT2D eigenvalue weighted by molar-refractivity contribution is -0.164. The molecule has 0 aliphatic heterocycles. The number of rotatable bonds is 9. The summed E-state index contributed by atoms with van der Waals surface area (Å²) in [5.41, 5.74) is 4.15. The van der Waals surface area contributed by atoms with E-state index < -0.39 is 6.29 Å². The van der Waals surface area contributed by atoms with Crippen molar-refractivity contribution in [3.63, 3.8) is 0 Å². The van der Waals surface area contributed by atoms with Crippen molar-refractivity contribution in [2.45, 2.75) is 72.5 Å². The fourth-order valence-electron chi connectivity index (χ4n) is 3.42. The molecule has 2 rings (SSSR count). The lowest BCUT2D eigenvalue weighted by Crippen LogP contribution is -2.19. The van der Waals surface area contributed by atoms with E-state index in [1.54, 1.807) is 31.9 Å². The molecular weight excluding hydrogens is 438 g/mol. The second-order valence-corrected chi connectivity index (χ2v) is 9.49. The first-order valence-electron chi connectivity index (χ1n) is 11.3. The Hall–Kier alpha value is -2.60. The van der Waals surface area contributed by atoms with E-state index in [9.17, 15) is 4.79 Å². The Morgan fingerprint density at radius 3 is 2.36 bits per heavy atom. The van der Waals surface area contributed by atoms with Crippen LogP contribution in [-0.4, -0.2) is 35.3 Å². The summed E-state index contributed by atoms with van der Waals surface area (Å²) in [6, 6.07) is 8.27. The highest BCUT2D eigenvalue weighted by molar-refractivity contribution is 6.33. The first-order chi connectivity index (χ1) is 15.5. The number of aliphatic imine (C=N–C) groups is 1. The SMILES string of the molecule is CCCCC(=O)OC(C)O/C(=C(/C=NC)c1ccc(C(C)(C)C)cc1)c1c(Cl)c(C)nn1C. The van der Waals surface area contributed by atoms with Gasteiger partial charge in [0.1, 0.15) is 5.69 Å². The molecule has 33 heavy (non-hydrogen) atoms. The molecule has 0 fully saturated rings. The minimum Gasteiger partial charge on any atom is -0.452 e. The number of halogens is 1. The zero-order valence-corrected chi connectivity index (χ0v) is 21.8. The molecule has 7 heteroatoms. The largest absolute Gasteiger partial charge is 0.452 e. The van der Waals surface area contributed by atoms with Crippen molar-refractivity contribution in [2.75, 3.05) is 7.05 Å². The van der Waals surface area contributed by atoms with Crippen molar-refractivity contribution in [3.8, 4) is 0 Å². The van der Waals surface area contributed by atoms with Gasteiger partial charge in [-0.25, -0.2) is 0 Å². The number of hydrogen-bond acceptors (Lipinski definition) is 5. The summed E-state index contributed by atoms with van der Waals surface area (Å²) in [4.78, 5) is 16.4. The number of aromatic nitrogens is 2. The van der Waals surface area contributed by atoms with E-state index in [1.165, 1.54) is 5.56 Å². The van der Waals surface area contributed by atoms with Crippen LogP contribution >= 0.6 is 11.6 Å². The molecule has 6 nitrogen and oxygen atoms in total. The van der Waals surface area contributed by atoms with Gasteiger partial charge in [0, 0.05) is 39.2 Å². The van der Waals surface area contributed by atoms with Crippen LogP contribution in [0.3, 0.4) is 0 Å². The molecule has 0 aliphatic rings. The van der Waals surface area contributed by atoms with Gasteiger partial charge in [0.05, 0.1) is 10.7 Å². The van der Waals surface area contributed by atoms with E-state index >= 15 is 0 Å². The molecule has 2 aromatic rings. The maximum absolute atomic E-state index is 12.2. The van der Waals surface area contributed by atoms with Crippen molar-refractivity contribution >= 4 is 35.1 Å². The van der Waals surface area contributed by atoms with E-state index in [0.29, 0.717) is 28.6 Å². The number of benzene rings is 1. The minimum absolute atomic E-state index is 0.0320. The highest BCUT2D eigenvalue weighted by atomic mass is 35.5. The van der Waals surface area contributed by atoms with Crippen molar-refractivity contribution < 1.29 is 14.3 Å². The molecule has 1 heterocycles. The summed E-state index contributed by atoms with van der Waals surface area (Å²) in [6.45, 7) is 12.1. The summed E-state index contributed by atoms with van der Waals surface area (Å²) in [5, 5.41) is 4.92. The molecule has 1 atom stereocenters. The van der Waals surface area contributed by atoms with E-state index in [2.05, 4.69) is 43.0 Å². The summed E-state index contributed by atoms with van der Waals surface area (Å²) >= 11 is 6.63. The molecule has 0 amide bonds. The molecule has 0 radical (unpaired) electrons. The number of unbranched alkanes of at least 4 members (excludes halogenated alkanes) is 1. The third-order valence-electron chi connectivity index (χ3n) is 5.24. The topological polar surface area (TPSA) is 65.7 Å². The lowest BCUT2D eigenvalue weighted by atomic mass is 9.86. The van der Waals surface area contributed by atoms with Crippen molar-refractivity contribution in [1.29, 1.82) is 0 Å². The number of nitrogens with zero attached hydrogens (tertiary/aromatic N) is 3. The van der Waals surface area contributed by atoms with Crippen LogP contribution in [0.4, 0.5) is 0 Å². The maximum atomic E-state index is 12.2. The summed E-state index contributed by atoms with van der Waals surface area (Å²) < 4.78 is 13.4. The van der Waals surface area contributed by atoms with Gasteiger partial charge in [0.15, 0.2) is 5.76 Å². The number of hydrogen-bond donors (Lipinski definition) is 0. The molecule has 1 aromatic carbocycles. The van der Waals surface area contributed by atoms with Crippen LogP contribution in [0, 0.1) is 6.92 Å². The number of carbonyl (C=O) groups excluding carboxylic acids is 1. The zero-order valence-electron chi connectivity index (χ0n) is 21.0. The van der Waals surface area contributed by atoms with E-state index in [4.69, 9.17) is 21.1 Å². The third kappa shape index (κ3) is 6.94. The molecule has 0 bridgehead atoms. The van der Waals surface area contributed by atoms with Gasteiger partial charge >= 0.3 is 5.97 Å². The normalized spacial score (nSPS) is 13.7. The third-order valence-corrected chi connectivity index (χ3v) is 5.70. The van der Waals surface area contributed by atoms with E-state index in [1.807, 2.05) is 26.0 Å². The second kappa shape index (κ2) is 11.5. The molecule has 1 unspecified atom stereocenters. The van der Waals surface area contributed by atoms with Gasteiger partial charge in [-0.3, -0.25) is 14.5 Å². The fraction of sp³-hybridized carbons (Fsp3) is 0.500. The van der Waals surface area contributed by atoms with Gasteiger partial charge in [-0.2, -0.15) is 5.10 Å². The number of carbonyl (C=O) groups is 1. The predicted octanol–water partition coefficient (Wildman–Crippen LogP) is 6.34. The molecule has 0 N–H and O–H groups in total. The minimum atomic E-state index is -0.815. The average molecular weight is 474 g/mol. The first-order valence-corrected chi connectivity index (χ1v) is 11.7. The van der Waals surface area contributed by atoms with Crippen LogP contribution in [0.25, 0.3) is 11.3 Å². The van der Waals surface area contributed by atoms with Gasteiger partial charge in [-0.15, -0.1) is 0 Å². The van der Waals surface area contributed by atoms with Crippen molar-refractivity contribution in [2.24, 2.45) is 12.0 Å². The Balaban J connectivity index is 2.60. The Bertz CT molecular complexity index is 1010. The molecule has 0 saturated heterocycles. The Labute approximate surface area is 202 Å². The van der Waals surface area contributed by atoms with Crippen LogP contribution in [0.1, 0.15) is 76.4 Å². The molecule has 0 spiro atoms. The van der Waals surface area contributed by atoms with Crippen LogP contribution in [-0.2, 0) is 26.7 Å². The van der Waals surface area contributed by atoms with Crippen LogP contribution in [0.15, 0.2) is 29.3 Å². The van der Waals surface area contributed by atoms with Gasteiger partial charge < -0.3 is 9.47 Å². The monoisotopic (exact) mass is 473 g/mol. The summed E-state index contributed by atoms with van der Waals surface area (Å²) in [7, 11) is 3.50. The molecule has 180 valence electrons. The average Bonchev–Trinajstić information content (AvgIpc) is 3.00. The molecule has 0 saturated carbocycles. The maximum Gasteiger partial charge on any atom is 0.308 e. The fourth-order valence-corrected chi connectivity index (χ4v) is 3.67. The number of ether oxygens (including phenoxy) is 2. The van der Waals surface area contributed by atoms with Crippen molar-refractivity contribution in [1.82, 2.24) is 9.78 Å². The predicted molar refractivity (Wildman–Crippen MR) is 135 cm³/mol. The van der Waals surface area contributed by atoms with Gasteiger partial charge in [0.25, 0.3) is 0 Å². The van der Waals surface area contributed by atoms with Gasteiger partial charge in [0.2, 0.25) is 6.29 Å². The smallest absolute Gasteiger partial charge is 0.308 e. The lowest BCUT2D eigenvalue weighted by Gasteiger charge is -2.22. The molecule has 1 aromatic heterocycles. The summed E-state index contributed by atoms with van der Waals surface area (Å²) in [5.74, 6) is 0.157. The van der Waals surface area contributed by atoms with Gasteiger partial charge in [-0.05, 0) is 29.9 Å². The van der Waals surface area contributed by atoms with Gasteiger partial charge in [-0.1, -0.05) is 70.0 Å². The second-order valence-electron chi connectivity index (χ2n) is 9.11. The summed E-state index contributed by atoms with van der Waals surface area (Å²) in [6.07, 6.45) is 2.96. The highest BCUT2D eigenvalue weighted by Gasteiger charge is 2.24. The standard InChI is InChI=1S/C26H36ClN3O3/c1-9-10-11-22(31)32-18(3)33-25(24-23(27)17(2)29-30(24)8)21(16-28-7)19-12-14-20(15-13-19)26(4,5)6/h12-16,18H,9-11H2,1-8H3/b25-21-,28-16?. The number of allylic oxidation sites excluding steroid dienone is 1. The Kier molecular flexibility index (Phi) is 9.29. The Morgan fingerprint density at radius 1 is 1.24 bits per heavy atom. The van der Waals surface area contributed by atoms with E-state index in [0.717, 1.165) is 24.0 Å². The zero-order chi connectivity index (χ0) is 24.8. The highest BCUT2D eigenvalue weighted by Crippen LogP contribution is 2.34. The van der Waals surface area contributed by atoms with Crippen molar-refractivity contribution in [3.05, 3.63) is 51.8 Å². The first kappa shape index (κ1) is 26.7. The van der Waals surface area contributed by atoms with E-state index in [-0.39, 0.29) is 11.4 Å². The molecule has 0 aliphatic carbocycles. The molecular formula is C26H36ClN3O3. The van der Waals surface area contributed by atoms with Crippen LogP contribution in [0.2, 0.25) is 5.02 Å². The number of esters is 1.